The van der Waals surface area contributed by atoms with Gasteiger partial charge >= 0.3 is 0 Å². The molecule has 2 aromatic rings. The zero-order chi connectivity index (χ0) is 20.1. The SMILES string of the molecule is C=CCCC1CCC(C2CCc3cc(-c4ccc(CCC)cc4)ccc3C2)CC1. The predicted molar refractivity (Wildman–Crippen MR) is 126 cm³/mol. The highest BCUT2D eigenvalue weighted by atomic mass is 14.3. The van der Waals surface area contributed by atoms with Crippen LogP contribution in [0.2, 0.25) is 0 Å². The summed E-state index contributed by atoms with van der Waals surface area (Å²) in [6.07, 6.45) is 16.9. The molecule has 2 aliphatic rings. The molecule has 154 valence electrons. The fraction of sp³-hybridized carbons (Fsp3) is 0.517. The molecular weight excluding hydrogens is 348 g/mol. The molecule has 0 saturated heterocycles. The average Bonchev–Trinajstić information content (AvgIpc) is 2.78. The average molecular weight is 387 g/mol. The van der Waals surface area contributed by atoms with Crippen molar-refractivity contribution >= 4 is 0 Å². The number of benzene rings is 2. The second kappa shape index (κ2) is 9.79. The molecule has 1 fully saturated rings. The first-order valence-corrected chi connectivity index (χ1v) is 12.1. The van der Waals surface area contributed by atoms with Crippen LogP contribution in [0.4, 0.5) is 0 Å². The van der Waals surface area contributed by atoms with Gasteiger partial charge in [0.15, 0.2) is 0 Å². The van der Waals surface area contributed by atoms with E-state index in [4.69, 9.17) is 0 Å². The molecule has 29 heavy (non-hydrogen) atoms. The zero-order valence-electron chi connectivity index (χ0n) is 18.3. The largest absolute Gasteiger partial charge is 0.103 e. The molecule has 0 aliphatic heterocycles. The molecule has 1 unspecified atom stereocenters. The van der Waals surface area contributed by atoms with Crippen LogP contribution in [-0.4, -0.2) is 0 Å². The zero-order valence-corrected chi connectivity index (χ0v) is 18.3. The molecule has 0 bridgehead atoms. The standard InChI is InChI=1S/C29H38/c1-3-5-7-23-10-14-25(15-11-23)27-17-19-28-20-26(16-18-29(28)21-27)24-12-8-22(6-4-2)9-13-24/h3,8-9,12-13,16,18,20,23,25,27H,1,4-7,10-11,14-15,17,19,21H2,2H3. The number of allylic oxidation sites excluding steroid dienone is 1. The first kappa shape index (κ1) is 20.5. The van der Waals surface area contributed by atoms with Crippen molar-refractivity contribution in [2.24, 2.45) is 17.8 Å². The van der Waals surface area contributed by atoms with Gasteiger partial charge in [-0.05, 0) is 96.9 Å². The number of aryl methyl sites for hydroxylation is 2. The van der Waals surface area contributed by atoms with E-state index in [0.717, 1.165) is 17.8 Å². The lowest BCUT2D eigenvalue weighted by Crippen LogP contribution is -2.26. The molecule has 1 saturated carbocycles. The Morgan fingerprint density at radius 2 is 1.62 bits per heavy atom. The van der Waals surface area contributed by atoms with Crippen molar-refractivity contribution in [3.63, 3.8) is 0 Å². The Bertz CT molecular complexity index is 789. The molecule has 2 aromatic carbocycles. The molecule has 2 aliphatic carbocycles. The van der Waals surface area contributed by atoms with E-state index in [1.54, 1.807) is 11.1 Å². The van der Waals surface area contributed by atoms with Crippen molar-refractivity contribution in [3.8, 4) is 11.1 Å². The van der Waals surface area contributed by atoms with E-state index in [1.165, 1.54) is 87.3 Å². The van der Waals surface area contributed by atoms with Crippen molar-refractivity contribution in [2.75, 3.05) is 0 Å². The van der Waals surface area contributed by atoms with Crippen LogP contribution in [0.5, 0.6) is 0 Å². The van der Waals surface area contributed by atoms with E-state index in [2.05, 4.69) is 62.0 Å². The summed E-state index contributed by atoms with van der Waals surface area (Å²) in [6, 6.07) is 16.5. The molecule has 0 nitrogen and oxygen atoms in total. The minimum absolute atomic E-state index is 0.919. The van der Waals surface area contributed by atoms with Gasteiger partial charge in [-0.2, -0.15) is 0 Å². The topological polar surface area (TPSA) is 0 Å². The lowest BCUT2D eigenvalue weighted by molar-refractivity contribution is 0.185. The van der Waals surface area contributed by atoms with Crippen LogP contribution in [0.3, 0.4) is 0 Å². The molecule has 0 heteroatoms. The van der Waals surface area contributed by atoms with Gasteiger partial charge < -0.3 is 0 Å². The second-order valence-corrected chi connectivity index (χ2v) is 9.58. The normalized spacial score (nSPS) is 24.1. The Balaban J connectivity index is 1.38. The summed E-state index contributed by atoms with van der Waals surface area (Å²) in [5.41, 5.74) is 7.45. The van der Waals surface area contributed by atoms with Crippen LogP contribution in [0, 0.1) is 17.8 Å². The summed E-state index contributed by atoms with van der Waals surface area (Å²) in [5.74, 6) is 2.85. The lowest BCUT2D eigenvalue weighted by atomic mass is 9.69. The van der Waals surface area contributed by atoms with Crippen LogP contribution in [0.25, 0.3) is 11.1 Å². The monoisotopic (exact) mass is 386 g/mol. The molecular formula is C29H38. The number of rotatable bonds is 7. The fourth-order valence-corrected chi connectivity index (χ4v) is 5.82. The molecule has 0 spiro atoms. The third-order valence-electron chi connectivity index (χ3n) is 7.64. The third kappa shape index (κ3) is 5.03. The quantitative estimate of drug-likeness (QED) is 0.421. The lowest BCUT2D eigenvalue weighted by Gasteiger charge is -2.36. The summed E-state index contributed by atoms with van der Waals surface area (Å²) >= 11 is 0. The van der Waals surface area contributed by atoms with E-state index >= 15 is 0 Å². The highest BCUT2D eigenvalue weighted by Crippen LogP contribution is 2.41. The van der Waals surface area contributed by atoms with E-state index < -0.39 is 0 Å². The van der Waals surface area contributed by atoms with Gasteiger partial charge in [-0.1, -0.05) is 74.7 Å². The van der Waals surface area contributed by atoms with Gasteiger partial charge in [0.05, 0.1) is 0 Å². The molecule has 0 amide bonds. The molecule has 4 rings (SSSR count). The van der Waals surface area contributed by atoms with E-state index in [9.17, 15) is 0 Å². The third-order valence-corrected chi connectivity index (χ3v) is 7.64. The first-order chi connectivity index (χ1) is 14.3. The van der Waals surface area contributed by atoms with Crippen molar-refractivity contribution in [3.05, 3.63) is 71.8 Å². The van der Waals surface area contributed by atoms with Crippen molar-refractivity contribution in [1.29, 1.82) is 0 Å². The maximum Gasteiger partial charge on any atom is -0.0181 e. The summed E-state index contributed by atoms with van der Waals surface area (Å²) in [7, 11) is 0. The van der Waals surface area contributed by atoms with Crippen molar-refractivity contribution < 1.29 is 0 Å². The van der Waals surface area contributed by atoms with Gasteiger partial charge in [0, 0.05) is 0 Å². The van der Waals surface area contributed by atoms with Crippen LogP contribution in [0.1, 0.15) is 75.0 Å². The van der Waals surface area contributed by atoms with E-state index in [0.29, 0.717) is 0 Å². The first-order valence-electron chi connectivity index (χ1n) is 12.1. The summed E-state index contributed by atoms with van der Waals surface area (Å²) in [5, 5.41) is 0. The Hall–Kier alpha value is -1.82. The molecule has 0 aromatic heterocycles. The highest BCUT2D eigenvalue weighted by Gasteiger charge is 2.30. The molecule has 1 atom stereocenters. The van der Waals surface area contributed by atoms with Gasteiger partial charge in [-0.25, -0.2) is 0 Å². The predicted octanol–water partition coefficient (Wildman–Crippen LogP) is 8.18. The van der Waals surface area contributed by atoms with Crippen LogP contribution < -0.4 is 0 Å². The Labute approximate surface area is 178 Å². The summed E-state index contributed by atoms with van der Waals surface area (Å²) < 4.78 is 0. The maximum absolute atomic E-state index is 3.89. The molecule has 0 N–H and O–H groups in total. The van der Waals surface area contributed by atoms with Crippen LogP contribution in [-0.2, 0) is 19.3 Å². The van der Waals surface area contributed by atoms with E-state index in [-0.39, 0.29) is 0 Å². The van der Waals surface area contributed by atoms with Gasteiger partial charge in [0.25, 0.3) is 0 Å². The van der Waals surface area contributed by atoms with Gasteiger partial charge in [-0.15, -0.1) is 6.58 Å². The smallest absolute Gasteiger partial charge is 0.0181 e. The second-order valence-electron chi connectivity index (χ2n) is 9.58. The molecule has 0 heterocycles. The van der Waals surface area contributed by atoms with Crippen LogP contribution in [0.15, 0.2) is 55.1 Å². The van der Waals surface area contributed by atoms with Gasteiger partial charge in [0.2, 0.25) is 0 Å². The maximum atomic E-state index is 3.89. The fourth-order valence-electron chi connectivity index (χ4n) is 5.82. The number of fused-ring (bicyclic) bond motifs is 1. The summed E-state index contributed by atoms with van der Waals surface area (Å²) in [4.78, 5) is 0. The Morgan fingerprint density at radius 3 is 2.34 bits per heavy atom. The number of hydrogen-bond donors (Lipinski definition) is 0. The number of hydrogen-bond acceptors (Lipinski definition) is 0. The van der Waals surface area contributed by atoms with Crippen molar-refractivity contribution in [2.45, 2.75) is 77.6 Å². The minimum atomic E-state index is 0.919. The van der Waals surface area contributed by atoms with Gasteiger partial charge in [-0.3, -0.25) is 0 Å². The summed E-state index contributed by atoms with van der Waals surface area (Å²) in [6.45, 7) is 6.14. The Kier molecular flexibility index (Phi) is 6.90. The Morgan fingerprint density at radius 1 is 0.862 bits per heavy atom. The molecule has 0 radical (unpaired) electrons. The van der Waals surface area contributed by atoms with Gasteiger partial charge in [0.1, 0.15) is 0 Å². The van der Waals surface area contributed by atoms with Crippen LogP contribution >= 0.6 is 0 Å². The highest BCUT2D eigenvalue weighted by molar-refractivity contribution is 5.65. The minimum Gasteiger partial charge on any atom is -0.103 e. The van der Waals surface area contributed by atoms with E-state index in [1.807, 2.05) is 0 Å². The van der Waals surface area contributed by atoms with Crippen molar-refractivity contribution in [1.82, 2.24) is 0 Å².